The number of nitrogens with one attached hydrogen (secondary N) is 2. The van der Waals surface area contributed by atoms with Crippen LogP contribution in [0.25, 0.3) is 0 Å². The molecule has 2 aliphatic rings. The summed E-state index contributed by atoms with van der Waals surface area (Å²) in [5.41, 5.74) is 0.192. The van der Waals surface area contributed by atoms with E-state index in [4.69, 9.17) is 4.99 Å². The monoisotopic (exact) mass is 181 g/mol. The molecule has 0 radical (unpaired) electrons. The Labute approximate surface area is 80.0 Å². The SMILES string of the molecule is CC(C)C1=NC2(CCCNC2)CN1. The first-order chi connectivity index (χ1) is 6.22. The number of amidine groups is 1. The summed E-state index contributed by atoms with van der Waals surface area (Å²) in [5, 5.41) is 6.86. The van der Waals surface area contributed by atoms with E-state index in [0.29, 0.717) is 5.92 Å². The first-order valence-corrected chi connectivity index (χ1v) is 5.26. The summed E-state index contributed by atoms with van der Waals surface area (Å²) in [5.74, 6) is 1.74. The second-order valence-electron chi connectivity index (χ2n) is 4.51. The van der Waals surface area contributed by atoms with Gasteiger partial charge in [0.2, 0.25) is 0 Å². The Hall–Kier alpha value is -0.570. The van der Waals surface area contributed by atoms with Gasteiger partial charge < -0.3 is 10.6 Å². The van der Waals surface area contributed by atoms with Crippen molar-refractivity contribution in [3.05, 3.63) is 0 Å². The van der Waals surface area contributed by atoms with Crippen LogP contribution in [0.5, 0.6) is 0 Å². The molecular weight excluding hydrogens is 162 g/mol. The van der Waals surface area contributed by atoms with Gasteiger partial charge in [0, 0.05) is 19.0 Å². The number of piperidine rings is 1. The Bertz CT molecular complexity index is 214. The molecule has 1 atom stereocenters. The first-order valence-electron chi connectivity index (χ1n) is 5.26. The summed E-state index contributed by atoms with van der Waals surface area (Å²) in [6, 6.07) is 0. The van der Waals surface area contributed by atoms with Crippen molar-refractivity contribution >= 4 is 5.84 Å². The summed E-state index contributed by atoms with van der Waals surface area (Å²) in [4.78, 5) is 4.82. The Morgan fingerprint density at radius 1 is 1.38 bits per heavy atom. The molecule has 0 aliphatic carbocycles. The van der Waals surface area contributed by atoms with Gasteiger partial charge in [-0.1, -0.05) is 13.8 Å². The highest BCUT2D eigenvalue weighted by Crippen LogP contribution is 2.24. The summed E-state index contributed by atoms with van der Waals surface area (Å²) in [6.07, 6.45) is 2.50. The van der Waals surface area contributed by atoms with E-state index in [0.717, 1.165) is 19.6 Å². The van der Waals surface area contributed by atoms with Gasteiger partial charge in [0.05, 0.1) is 11.4 Å². The molecule has 3 nitrogen and oxygen atoms in total. The van der Waals surface area contributed by atoms with E-state index in [1.165, 1.54) is 18.7 Å². The second kappa shape index (κ2) is 3.29. The van der Waals surface area contributed by atoms with Crippen LogP contribution in [0.1, 0.15) is 26.7 Å². The summed E-state index contributed by atoms with van der Waals surface area (Å²) < 4.78 is 0. The number of hydrogen-bond acceptors (Lipinski definition) is 3. The Morgan fingerprint density at radius 3 is 2.77 bits per heavy atom. The van der Waals surface area contributed by atoms with Gasteiger partial charge in [-0.25, -0.2) is 0 Å². The standard InChI is InChI=1S/C10H19N3/c1-8(2)9-12-7-10(13-9)4-3-5-11-6-10/h8,11H,3-7H2,1-2H3,(H,12,13). The number of hydrogen-bond donors (Lipinski definition) is 2. The molecule has 0 aromatic heterocycles. The quantitative estimate of drug-likeness (QED) is 0.627. The fraction of sp³-hybridized carbons (Fsp3) is 0.900. The van der Waals surface area contributed by atoms with Crippen molar-refractivity contribution in [3.63, 3.8) is 0 Å². The summed E-state index contributed by atoms with van der Waals surface area (Å²) in [6.45, 7) is 7.64. The van der Waals surface area contributed by atoms with Crippen LogP contribution in [-0.4, -0.2) is 31.0 Å². The lowest BCUT2D eigenvalue weighted by Gasteiger charge is -2.30. The highest BCUT2D eigenvalue weighted by atomic mass is 15.2. The minimum Gasteiger partial charge on any atom is -0.371 e. The van der Waals surface area contributed by atoms with Crippen molar-refractivity contribution in [2.24, 2.45) is 10.9 Å². The van der Waals surface area contributed by atoms with Crippen molar-refractivity contribution in [2.45, 2.75) is 32.2 Å². The van der Waals surface area contributed by atoms with E-state index in [-0.39, 0.29) is 5.54 Å². The Morgan fingerprint density at radius 2 is 2.23 bits per heavy atom. The Kier molecular flexibility index (Phi) is 2.28. The number of rotatable bonds is 1. The van der Waals surface area contributed by atoms with Crippen LogP contribution in [0, 0.1) is 5.92 Å². The fourth-order valence-corrected chi connectivity index (χ4v) is 2.12. The van der Waals surface area contributed by atoms with Gasteiger partial charge in [-0.05, 0) is 19.4 Å². The predicted octanol–water partition coefficient (Wildman–Crippen LogP) is 0.766. The fourth-order valence-electron chi connectivity index (χ4n) is 2.12. The molecule has 2 rings (SSSR count). The largest absolute Gasteiger partial charge is 0.371 e. The van der Waals surface area contributed by atoms with Crippen molar-refractivity contribution < 1.29 is 0 Å². The van der Waals surface area contributed by atoms with E-state index < -0.39 is 0 Å². The third-order valence-corrected chi connectivity index (χ3v) is 2.95. The molecular formula is C10H19N3. The van der Waals surface area contributed by atoms with Crippen molar-refractivity contribution in [1.29, 1.82) is 0 Å². The van der Waals surface area contributed by atoms with E-state index in [1.807, 2.05) is 0 Å². The molecule has 1 unspecified atom stereocenters. The van der Waals surface area contributed by atoms with Gasteiger partial charge in [-0.3, -0.25) is 4.99 Å². The summed E-state index contributed by atoms with van der Waals surface area (Å²) >= 11 is 0. The number of nitrogens with zero attached hydrogens (tertiary/aromatic N) is 1. The molecule has 2 N–H and O–H groups in total. The highest BCUT2D eigenvalue weighted by Gasteiger charge is 2.36. The lowest BCUT2D eigenvalue weighted by atomic mass is 9.92. The normalized spacial score (nSPS) is 33.6. The van der Waals surface area contributed by atoms with E-state index in [1.54, 1.807) is 0 Å². The van der Waals surface area contributed by atoms with Gasteiger partial charge in [0.1, 0.15) is 0 Å². The van der Waals surface area contributed by atoms with Gasteiger partial charge >= 0.3 is 0 Å². The number of aliphatic imine (C=N–C) groups is 1. The van der Waals surface area contributed by atoms with Crippen molar-refractivity contribution in [3.8, 4) is 0 Å². The van der Waals surface area contributed by atoms with Crippen LogP contribution in [-0.2, 0) is 0 Å². The van der Waals surface area contributed by atoms with Crippen LogP contribution in [0.15, 0.2) is 4.99 Å². The average molecular weight is 181 g/mol. The average Bonchev–Trinajstić information content (AvgIpc) is 2.51. The van der Waals surface area contributed by atoms with Gasteiger partial charge in [0.25, 0.3) is 0 Å². The van der Waals surface area contributed by atoms with Crippen LogP contribution < -0.4 is 10.6 Å². The smallest absolute Gasteiger partial charge is 0.0998 e. The second-order valence-corrected chi connectivity index (χ2v) is 4.51. The highest BCUT2D eigenvalue weighted by molar-refractivity contribution is 5.86. The van der Waals surface area contributed by atoms with E-state index in [2.05, 4.69) is 24.5 Å². The zero-order chi connectivity index (χ0) is 9.31. The zero-order valence-corrected chi connectivity index (χ0v) is 8.56. The lowest BCUT2D eigenvalue weighted by Crippen LogP contribution is -2.46. The van der Waals surface area contributed by atoms with Crippen molar-refractivity contribution in [2.75, 3.05) is 19.6 Å². The molecule has 0 aromatic rings. The molecule has 1 fully saturated rings. The maximum atomic E-state index is 4.82. The molecule has 0 amide bonds. The topological polar surface area (TPSA) is 36.4 Å². The minimum absolute atomic E-state index is 0.192. The molecule has 0 bridgehead atoms. The molecule has 0 saturated carbocycles. The summed E-state index contributed by atoms with van der Waals surface area (Å²) in [7, 11) is 0. The van der Waals surface area contributed by atoms with E-state index in [9.17, 15) is 0 Å². The molecule has 74 valence electrons. The molecule has 0 aromatic carbocycles. The Balaban J connectivity index is 2.08. The predicted molar refractivity (Wildman–Crippen MR) is 55.1 cm³/mol. The molecule has 1 spiro atoms. The van der Waals surface area contributed by atoms with Gasteiger partial charge in [-0.2, -0.15) is 0 Å². The van der Waals surface area contributed by atoms with Gasteiger partial charge in [-0.15, -0.1) is 0 Å². The zero-order valence-electron chi connectivity index (χ0n) is 8.56. The molecule has 1 saturated heterocycles. The maximum Gasteiger partial charge on any atom is 0.0998 e. The first kappa shape index (κ1) is 9.00. The van der Waals surface area contributed by atoms with Gasteiger partial charge in [0.15, 0.2) is 0 Å². The van der Waals surface area contributed by atoms with E-state index >= 15 is 0 Å². The molecule has 2 aliphatic heterocycles. The van der Waals surface area contributed by atoms with Crippen LogP contribution in [0.4, 0.5) is 0 Å². The van der Waals surface area contributed by atoms with Crippen molar-refractivity contribution in [1.82, 2.24) is 10.6 Å². The van der Waals surface area contributed by atoms with Crippen LogP contribution in [0.2, 0.25) is 0 Å². The molecule has 3 heteroatoms. The third-order valence-electron chi connectivity index (χ3n) is 2.95. The third kappa shape index (κ3) is 1.70. The molecule has 2 heterocycles. The van der Waals surface area contributed by atoms with Crippen LogP contribution in [0.3, 0.4) is 0 Å². The van der Waals surface area contributed by atoms with Crippen LogP contribution >= 0.6 is 0 Å². The lowest BCUT2D eigenvalue weighted by molar-refractivity contribution is 0.332. The minimum atomic E-state index is 0.192. The maximum absolute atomic E-state index is 4.82. The molecule has 13 heavy (non-hydrogen) atoms.